The molecule has 1 atom stereocenters. The van der Waals surface area contributed by atoms with Gasteiger partial charge >= 0.3 is 0 Å². The second kappa shape index (κ2) is 7.38. The Labute approximate surface area is 118 Å². The molecule has 1 unspecified atom stereocenters. The first-order valence-electron chi connectivity index (χ1n) is 6.58. The van der Waals surface area contributed by atoms with Gasteiger partial charge in [0.2, 0.25) is 0 Å². The van der Waals surface area contributed by atoms with Crippen molar-refractivity contribution >= 4 is 11.3 Å². The molecule has 1 N–H and O–H groups in total. The van der Waals surface area contributed by atoms with Crippen LogP contribution in [0.25, 0.3) is 0 Å². The summed E-state index contributed by atoms with van der Waals surface area (Å²) in [6.07, 6.45) is 1.85. The van der Waals surface area contributed by atoms with Crippen LogP contribution in [0.5, 0.6) is 0 Å². The second-order valence-electron chi connectivity index (χ2n) is 4.38. The van der Waals surface area contributed by atoms with Gasteiger partial charge in [0.25, 0.3) is 0 Å². The molecule has 1 aromatic heterocycles. The molecule has 0 fully saturated rings. The molecule has 0 bridgehead atoms. The first-order valence-corrected chi connectivity index (χ1v) is 7.46. The summed E-state index contributed by atoms with van der Waals surface area (Å²) >= 11 is 1.69. The molecule has 0 saturated heterocycles. The van der Waals surface area contributed by atoms with Crippen LogP contribution in [0.3, 0.4) is 0 Å². The molecule has 0 aliphatic heterocycles. The number of hydrogen-bond acceptors (Lipinski definition) is 4. The summed E-state index contributed by atoms with van der Waals surface area (Å²) in [5.41, 5.74) is 2.54. The van der Waals surface area contributed by atoms with Crippen molar-refractivity contribution in [3.8, 4) is 0 Å². The summed E-state index contributed by atoms with van der Waals surface area (Å²) in [5, 5.41) is 6.65. The average Bonchev–Trinajstić information content (AvgIpc) is 2.97. The Bertz CT molecular complexity index is 485. The van der Waals surface area contributed by atoms with Crippen LogP contribution in [-0.2, 0) is 17.9 Å². The minimum absolute atomic E-state index is 0.278. The van der Waals surface area contributed by atoms with E-state index in [0.29, 0.717) is 6.61 Å². The first-order chi connectivity index (χ1) is 9.31. The summed E-state index contributed by atoms with van der Waals surface area (Å²) in [5.74, 6) is 0. The Morgan fingerprint density at radius 2 is 2.11 bits per heavy atom. The summed E-state index contributed by atoms with van der Waals surface area (Å²) < 4.78 is 5.50. The molecular formula is C15H20N2OS. The van der Waals surface area contributed by atoms with Gasteiger partial charge in [-0.1, -0.05) is 24.3 Å². The van der Waals surface area contributed by atoms with E-state index in [1.54, 1.807) is 11.3 Å². The number of benzene rings is 1. The van der Waals surface area contributed by atoms with Crippen LogP contribution in [0.2, 0.25) is 0 Å². The SMILES string of the molecule is CCOCc1ccccc1CNC(C)c1nccs1. The smallest absolute Gasteiger partial charge is 0.109 e. The molecular weight excluding hydrogens is 256 g/mol. The van der Waals surface area contributed by atoms with Crippen molar-refractivity contribution in [2.24, 2.45) is 0 Å². The van der Waals surface area contributed by atoms with Gasteiger partial charge < -0.3 is 10.1 Å². The van der Waals surface area contributed by atoms with E-state index in [-0.39, 0.29) is 6.04 Å². The van der Waals surface area contributed by atoms with Gasteiger partial charge in [-0.15, -0.1) is 11.3 Å². The third-order valence-corrected chi connectivity index (χ3v) is 3.96. The number of rotatable bonds is 7. The molecule has 1 aromatic carbocycles. The first kappa shape index (κ1) is 14.2. The van der Waals surface area contributed by atoms with Crippen LogP contribution in [0.1, 0.15) is 36.0 Å². The van der Waals surface area contributed by atoms with Crippen LogP contribution < -0.4 is 5.32 Å². The highest BCUT2D eigenvalue weighted by Gasteiger charge is 2.08. The Balaban J connectivity index is 1.95. The Morgan fingerprint density at radius 1 is 1.32 bits per heavy atom. The van der Waals surface area contributed by atoms with Gasteiger partial charge in [-0.2, -0.15) is 0 Å². The molecule has 0 aliphatic rings. The molecule has 2 aromatic rings. The zero-order valence-corrected chi connectivity index (χ0v) is 12.2. The van der Waals surface area contributed by atoms with Crippen molar-refractivity contribution in [3.05, 3.63) is 52.0 Å². The molecule has 2 rings (SSSR count). The predicted octanol–water partition coefficient (Wildman–Crippen LogP) is 3.53. The molecule has 0 amide bonds. The van der Waals surface area contributed by atoms with Crippen molar-refractivity contribution < 1.29 is 4.74 Å². The molecule has 1 heterocycles. The van der Waals surface area contributed by atoms with Gasteiger partial charge in [0.15, 0.2) is 0 Å². The quantitative estimate of drug-likeness (QED) is 0.840. The zero-order chi connectivity index (χ0) is 13.5. The standard InChI is InChI=1S/C15H20N2OS/c1-3-18-11-14-7-5-4-6-13(14)10-17-12(2)15-16-8-9-19-15/h4-9,12,17H,3,10-11H2,1-2H3. The van der Waals surface area contributed by atoms with E-state index in [1.165, 1.54) is 11.1 Å². The third-order valence-electron chi connectivity index (χ3n) is 3.00. The fourth-order valence-corrected chi connectivity index (χ4v) is 2.55. The van der Waals surface area contributed by atoms with Crippen molar-refractivity contribution in [1.82, 2.24) is 10.3 Å². The number of nitrogens with zero attached hydrogens (tertiary/aromatic N) is 1. The minimum atomic E-state index is 0.278. The lowest BCUT2D eigenvalue weighted by molar-refractivity contribution is 0.133. The van der Waals surface area contributed by atoms with E-state index < -0.39 is 0 Å². The molecule has 0 spiro atoms. The van der Waals surface area contributed by atoms with Crippen LogP contribution in [0.15, 0.2) is 35.8 Å². The van der Waals surface area contributed by atoms with Gasteiger partial charge in [-0.3, -0.25) is 0 Å². The van der Waals surface area contributed by atoms with Gasteiger partial charge in [-0.25, -0.2) is 4.98 Å². The lowest BCUT2D eigenvalue weighted by Gasteiger charge is -2.14. The zero-order valence-electron chi connectivity index (χ0n) is 11.4. The van der Waals surface area contributed by atoms with E-state index in [1.807, 2.05) is 18.5 Å². The maximum atomic E-state index is 5.50. The van der Waals surface area contributed by atoms with Crippen molar-refractivity contribution in [2.45, 2.75) is 33.0 Å². The normalized spacial score (nSPS) is 12.5. The lowest BCUT2D eigenvalue weighted by atomic mass is 10.1. The van der Waals surface area contributed by atoms with Crippen molar-refractivity contribution in [3.63, 3.8) is 0 Å². The molecule has 19 heavy (non-hydrogen) atoms. The lowest BCUT2D eigenvalue weighted by Crippen LogP contribution is -2.18. The number of nitrogens with one attached hydrogen (secondary N) is 1. The maximum absolute atomic E-state index is 5.50. The second-order valence-corrected chi connectivity index (χ2v) is 5.30. The highest BCUT2D eigenvalue weighted by atomic mass is 32.1. The van der Waals surface area contributed by atoms with Gasteiger partial charge in [0, 0.05) is 24.7 Å². The molecule has 0 saturated carbocycles. The fraction of sp³-hybridized carbons (Fsp3) is 0.400. The summed E-state index contributed by atoms with van der Waals surface area (Å²) in [4.78, 5) is 4.33. The van der Waals surface area contributed by atoms with E-state index in [2.05, 4.69) is 41.5 Å². The Hall–Kier alpha value is -1.23. The summed E-state index contributed by atoms with van der Waals surface area (Å²) in [6.45, 7) is 6.43. The highest BCUT2D eigenvalue weighted by molar-refractivity contribution is 7.09. The number of thiazole rings is 1. The van der Waals surface area contributed by atoms with Gasteiger partial charge in [0.05, 0.1) is 12.6 Å². The van der Waals surface area contributed by atoms with Crippen LogP contribution in [0, 0.1) is 0 Å². The van der Waals surface area contributed by atoms with Crippen molar-refractivity contribution in [2.75, 3.05) is 6.61 Å². The van der Waals surface area contributed by atoms with E-state index in [0.717, 1.165) is 18.2 Å². The molecule has 0 radical (unpaired) electrons. The topological polar surface area (TPSA) is 34.1 Å². The predicted molar refractivity (Wildman–Crippen MR) is 79.1 cm³/mol. The summed E-state index contributed by atoms with van der Waals surface area (Å²) in [7, 11) is 0. The molecule has 102 valence electrons. The molecule has 0 aliphatic carbocycles. The van der Waals surface area contributed by atoms with E-state index in [9.17, 15) is 0 Å². The number of ether oxygens (including phenoxy) is 1. The molecule has 3 nitrogen and oxygen atoms in total. The Morgan fingerprint density at radius 3 is 2.79 bits per heavy atom. The Kier molecular flexibility index (Phi) is 5.51. The van der Waals surface area contributed by atoms with Gasteiger partial charge in [-0.05, 0) is 25.0 Å². The number of hydrogen-bond donors (Lipinski definition) is 1. The van der Waals surface area contributed by atoms with Crippen molar-refractivity contribution in [1.29, 1.82) is 0 Å². The summed E-state index contributed by atoms with van der Waals surface area (Å²) in [6, 6.07) is 8.68. The number of aromatic nitrogens is 1. The third kappa shape index (κ3) is 4.13. The van der Waals surface area contributed by atoms with Crippen LogP contribution in [0.4, 0.5) is 0 Å². The van der Waals surface area contributed by atoms with E-state index >= 15 is 0 Å². The molecule has 4 heteroatoms. The average molecular weight is 276 g/mol. The monoisotopic (exact) mass is 276 g/mol. The highest BCUT2D eigenvalue weighted by Crippen LogP contribution is 2.16. The maximum Gasteiger partial charge on any atom is 0.109 e. The van der Waals surface area contributed by atoms with E-state index in [4.69, 9.17) is 4.74 Å². The fourth-order valence-electron chi connectivity index (χ4n) is 1.88. The van der Waals surface area contributed by atoms with Crippen LogP contribution >= 0.6 is 11.3 Å². The largest absolute Gasteiger partial charge is 0.377 e. The van der Waals surface area contributed by atoms with Gasteiger partial charge in [0.1, 0.15) is 5.01 Å². The minimum Gasteiger partial charge on any atom is -0.377 e. The van der Waals surface area contributed by atoms with Crippen LogP contribution in [-0.4, -0.2) is 11.6 Å².